The van der Waals surface area contributed by atoms with Gasteiger partial charge in [-0.3, -0.25) is 14.5 Å². The van der Waals surface area contributed by atoms with Crippen molar-refractivity contribution in [3.63, 3.8) is 0 Å². The van der Waals surface area contributed by atoms with Gasteiger partial charge in [-0.05, 0) is 121 Å². The Morgan fingerprint density at radius 3 is 2.43 bits per heavy atom. The average Bonchev–Trinajstić information content (AvgIpc) is 3.33. The van der Waals surface area contributed by atoms with Gasteiger partial charge >= 0.3 is 0 Å². The average molecular weight is 603 g/mol. The molecule has 2 heterocycles. The van der Waals surface area contributed by atoms with E-state index in [2.05, 4.69) is 36.9 Å². The van der Waals surface area contributed by atoms with Crippen molar-refractivity contribution in [2.45, 2.75) is 90.4 Å². The summed E-state index contributed by atoms with van der Waals surface area (Å²) in [6.07, 6.45) is 4.87. The van der Waals surface area contributed by atoms with Gasteiger partial charge in [-0.15, -0.1) is 0 Å². The van der Waals surface area contributed by atoms with Crippen LogP contribution in [-0.4, -0.2) is 56.1 Å². The summed E-state index contributed by atoms with van der Waals surface area (Å²) in [5, 5.41) is 22.5. The van der Waals surface area contributed by atoms with E-state index in [-0.39, 0.29) is 41.0 Å². The molecule has 2 aromatic carbocycles. The molecule has 0 spiro atoms. The van der Waals surface area contributed by atoms with Crippen molar-refractivity contribution in [3.8, 4) is 6.07 Å². The fourth-order valence-electron chi connectivity index (χ4n) is 6.68. The first-order valence-electron chi connectivity index (χ1n) is 15.7. The fourth-order valence-corrected chi connectivity index (χ4v) is 6.68. The number of hydrogen-bond acceptors (Lipinski definition) is 5. The zero-order valence-corrected chi connectivity index (χ0v) is 26.1. The predicted molar refractivity (Wildman–Crippen MR) is 166 cm³/mol. The van der Waals surface area contributed by atoms with Gasteiger partial charge in [0, 0.05) is 30.1 Å². The quantitative estimate of drug-likeness (QED) is 0.352. The molecule has 0 radical (unpaired) electrons. The number of nitrogens with one attached hydrogen (secondary N) is 2. The minimum absolute atomic E-state index is 0.0221. The summed E-state index contributed by atoms with van der Waals surface area (Å²) in [4.78, 5) is 36.1. The van der Waals surface area contributed by atoms with Crippen LogP contribution in [0.3, 0.4) is 0 Å². The Morgan fingerprint density at radius 2 is 1.82 bits per heavy atom. The van der Waals surface area contributed by atoms with Crippen molar-refractivity contribution in [2.24, 2.45) is 16.8 Å². The maximum Gasteiger partial charge on any atom is 0.280 e. The van der Waals surface area contributed by atoms with Gasteiger partial charge in [0.25, 0.3) is 5.91 Å². The van der Waals surface area contributed by atoms with Crippen LogP contribution in [0, 0.1) is 29.0 Å². The second-order valence-corrected chi connectivity index (χ2v) is 13.3. The van der Waals surface area contributed by atoms with Crippen LogP contribution in [0.25, 0.3) is 11.0 Å². The van der Waals surface area contributed by atoms with Crippen molar-refractivity contribution < 1.29 is 19.1 Å². The molecule has 1 saturated carbocycles. The molecular formula is C34H43FN6O3. The van der Waals surface area contributed by atoms with E-state index in [1.165, 1.54) is 12.1 Å². The van der Waals surface area contributed by atoms with Crippen LogP contribution in [0.1, 0.15) is 93.7 Å². The molecular weight excluding hydrogens is 559 g/mol. The minimum Gasteiger partial charge on any atom is -0.390 e. The molecule has 1 aromatic heterocycles. The summed E-state index contributed by atoms with van der Waals surface area (Å²) in [6.45, 7) is 10.3. The molecule has 3 N–H and O–H groups in total. The molecule has 10 heteroatoms. The third-order valence-corrected chi connectivity index (χ3v) is 9.20. The first-order chi connectivity index (χ1) is 20.9. The van der Waals surface area contributed by atoms with Crippen molar-refractivity contribution in [1.82, 2.24) is 19.8 Å². The Bertz CT molecular complexity index is 1630. The van der Waals surface area contributed by atoms with Gasteiger partial charge in [0.15, 0.2) is 0 Å². The highest BCUT2D eigenvalue weighted by Crippen LogP contribution is 2.34. The summed E-state index contributed by atoms with van der Waals surface area (Å²) in [6, 6.07) is 11.9. The van der Waals surface area contributed by atoms with Crippen LogP contribution < -0.4 is 10.9 Å². The highest BCUT2D eigenvalue weighted by molar-refractivity contribution is 5.95. The summed E-state index contributed by atoms with van der Waals surface area (Å²) in [7, 11) is 0. The number of H-pyrrole nitrogens is 1. The maximum atomic E-state index is 14.3. The molecule has 1 aliphatic carbocycles. The Labute approximate surface area is 257 Å². The molecule has 0 unspecified atom stereocenters. The number of halogens is 1. The molecule has 5 rings (SSSR count). The van der Waals surface area contributed by atoms with Gasteiger partial charge in [-0.1, -0.05) is 6.07 Å². The van der Waals surface area contributed by atoms with Crippen LogP contribution in [0.5, 0.6) is 0 Å². The van der Waals surface area contributed by atoms with E-state index in [0.717, 1.165) is 80.8 Å². The topological polar surface area (TPSA) is 127 Å². The largest absolute Gasteiger partial charge is 0.390 e. The number of hydrogen-bond donors (Lipinski definition) is 3. The van der Waals surface area contributed by atoms with Crippen molar-refractivity contribution in [1.29, 1.82) is 5.26 Å². The Hall–Kier alpha value is -3.81. The van der Waals surface area contributed by atoms with Gasteiger partial charge in [-0.2, -0.15) is 10.3 Å². The Kier molecular flexibility index (Phi) is 9.37. The second-order valence-electron chi connectivity index (χ2n) is 13.3. The lowest BCUT2D eigenvalue weighted by Crippen LogP contribution is -2.41. The molecule has 9 nitrogen and oxygen atoms in total. The van der Waals surface area contributed by atoms with Gasteiger partial charge in [0.05, 0.1) is 22.2 Å². The molecule has 1 saturated heterocycles. The number of carbonyl (C=O) groups is 2. The third kappa shape index (κ3) is 7.11. The SMILES string of the molecule is CC(C)NC(=O)[C@H]1CC[C@@H](n2/c(=N/C(=O)c3ccc(C#N)c(F)c3)[nH]c3ccc(CN4CCC(C(C)(C)O)CC4)cc32)CC1. The molecule has 0 atom stereocenters. The maximum absolute atomic E-state index is 14.3. The number of nitriles is 1. The molecule has 2 aliphatic rings. The summed E-state index contributed by atoms with van der Waals surface area (Å²) >= 11 is 0. The van der Waals surface area contributed by atoms with Gasteiger partial charge < -0.3 is 20.0 Å². The number of aromatic amines is 1. The van der Waals surface area contributed by atoms with Crippen LogP contribution in [-0.2, 0) is 11.3 Å². The second kappa shape index (κ2) is 13.0. The van der Waals surface area contributed by atoms with E-state index in [0.29, 0.717) is 5.62 Å². The predicted octanol–water partition coefficient (Wildman–Crippen LogP) is 4.96. The van der Waals surface area contributed by atoms with Crippen molar-refractivity contribution in [3.05, 3.63) is 64.5 Å². The van der Waals surface area contributed by atoms with Crippen molar-refractivity contribution in [2.75, 3.05) is 13.1 Å². The van der Waals surface area contributed by atoms with Gasteiger partial charge in [0.2, 0.25) is 11.5 Å². The van der Waals surface area contributed by atoms with Crippen LogP contribution >= 0.6 is 0 Å². The Morgan fingerprint density at radius 1 is 1.11 bits per heavy atom. The number of amides is 2. The van der Waals surface area contributed by atoms with E-state index in [4.69, 9.17) is 5.26 Å². The number of nitrogens with zero attached hydrogens (tertiary/aromatic N) is 4. The lowest BCUT2D eigenvalue weighted by molar-refractivity contribution is -0.126. The first-order valence-corrected chi connectivity index (χ1v) is 15.7. The van der Waals surface area contributed by atoms with Gasteiger partial charge in [0.1, 0.15) is 11.9 Å². The number of fused-ring (bicyclic) bond motifs is 1. The van der Waals surface area contributed by atoms with Crippen LogP contribution in [0.2, 0.25) is 0 Å². The summed E-state index contributed by atoms with van der Waals surface area (Å²) in [5.41, 5.74) is 2.57. The molecule has 2 fully saturated rings. The fraction of sp³-hybridized carbons (Fsp3) is 0.529. The molecule has 234 valence electrons. The standard InChI is InChI=1S/C34H43FN6O3/c1-21(2)37-31(42)23-8-10-27(11-9-23)41-30-17-22(20-40-15-13-26(14-16-40)34(3,4)44)5-12-29(30)38-33(41)39-32(43)24-6-7-25(19-36)28(35)18-24/h5-7,12,17-18,21,23,26-27,44H,8-11,13-16,20H2,1-4H3,(H,37,42)(H,38,39,43)/t23-,27+. The van der Waals surface area contributed by atoms with Crippen LogP contribution in [0.15, 0.2) is 41.4 Å². The molecule has 0 bridgehead atoms. The van der Waals surface area contributed by atoms with E-state index >= 15 is 0 Å². The van der Waals surface area contributed by atoms with Crippen LogP contribution in [0.4, 0.5) is 4.39 Å². The summed E-state index contributed by atoms with van der Waals surface area (Å²) < 4.78 is 16.4. The zero-order chi connectivity index (χ0) is 31.6. The third-order valence-electron chi connectivity index (χ3n) is 9.20. The molecule has 1 aliphatic heterocycles. The summed E-state index contributed by atoms with van der Waals surface area (Å²) in [5.74, 6) is -1.04. The van der Waals surface area contributed by atoms with E-state index in [1.807, 2.05) is 33.8 Å². The number of piperidine rings is 1. The molecule has 2 amide bonds. The number of aromatic nitrogens is 2. The molecule has 3 aromatic rings. The van der Waals surface area contributed by atoms with E-state index < -0.39 is 17.3 Å². The zero-order valence-electron chi connectivity index (χ0n) is 26.1. The highest BCUT2D eigenvalue weighted by atomic mass is 19.1. The number of benzene rings is 2. The first kappa shape index (κ1) is 31.6. The number of likely N-dealkylation sites (tertiary alicyclic amines) is 1. The van der Waals surface area contributed by atoms with E-state index in [9.17, 15) is 19.1 Å². The lowest BCUT2D eigenvalue weighted by Gasteiger charge is -2.37. The minimum atomic E-state index is -0.757. The molecule has 44 heavy (non-hydrogen) atoms. The van der Waals surface area contributed by atoms with E-state index in [1.54, 1.807) is 6.07 Å². The monoisotopic (exact) mass is 602 g/mol. The van der Waals surface area contributed by atoms with Gasteiger partial charge in [-0.25, -0.2) is 4.39 Å². The highest BCUT2D eigenvalue weighted by Gasteiger charge is 2.31. The smallest absolute Gasteiger partial charge is 0.280 e. The number of carbonyl (C=O) groups excluding carboxylic acids is 2. The number of imidazole rings is 1. The lowest BCUT2D eigenvalue weighted by atomic mass is 9.83. The normalized spacial score (nSPS) is 20.6. The number of aliphatic hydroxyl groups is 1. The number of rotatable bonds is 7. The van der Waals surface area contributed by atoms with Crippen molar-refractivity contribution >= 4 is 22.8 Å². The Balaban J connectivity index is 1.45.